The molecule has 0 aliphatic rings. The molecule has 0 aliphatic heterocycles. The normalized spacial score (nSPS) is 13.1. The maximum absolute atomic E-state index is 13.7. The van der Waals surface area contributed by atoms with E-state index >= 15 is 0 Å². The molecule has 2 unspecified atom stereocenters. The van der Waals surface area contributed by atoms with Crippen LogP contribution in [0.4, 0.5) is 5.69 Å². The fraction of sp³-hybridized carbons (Fsp3) is 0.462. The van der Waals surface area contributed by atoms with Crippen molar-refractivity contribution in [2.24, 2.45) is 0 Å². The summed E-state index contributed by atoms with van der Waals surface area (Å²) in [5.74, 6) is -0.667. The van der Waals surface area contributed by atoms with Crippen LogP contribution in [0, 0.1) is 13.8 Å². The molecule has 186 valence electrons. The second-order valence-electron chi connectivity index (χ2n) is 8.81. The lowest BCUT2D eigenvalue weighted by molar-refractivity contribution is -0.140. The van der Waals surface area contributed by atoms with Gasteiger partial charge >= 0.3 is 0 Å². The molecule has 7 nitrogen and oxygen atoms in total. The Labute approximate surface area is 204 Å². The lowest BCUT2D eigenvalue weighted by Crippen LogP contribution is -2.53. The summed E-state index contributed by atoms with van der Waals surface area (Å²) in [6.07, 6.45) is 2.27. The lowest BCUT2D eigenvalue weighted by atomic mass is 10.1. The van der Waals surface area contributed by atoms with E-state index < -0.39 is 22.0 Å². The smallest absolute Gasteiger partial charge is 0.244 e. The minimum atomic E-state index is -3.75. The van der Waals surface area contributed by atoms with Crippen LogP contribution in [0.1, 0.15) is 50.3 Å². The maximum Gasteiger partial charge on any atom is 0.244 e. The summed E-state index contributed by atoms with van der Waals surface area (Å²) in [5, 5.41) is 2.97. The standard InChI is InChI=1S/C26H37N3O4S/c1-7-21(5)27-26(31)23(8-2)28(17-22-12-10-9-11-13-22)25(30)18-29(34(6,32)33)24-16-19(3)14-15-20(24)4/h9-16,21,23H,7-8,17-18H2,1-6H3,(H,27,31). The second kappa shape index (κ2) is 12.0. The van der Waals surface area contributed by atoms with Crippen LogP contribution in [0.2, 0.25) is 0 Å². The fourth-order valence-corrected chi connectivity index (χ4v) is 4.62. The van der Waals surface area contributed by atoms with Gasteiger partial charge in [-0.25, -0.2) is 8.42 Å². The number of carbonyl (C=O) groups is 2. The number of benzene rings is 2. The molecule has 34 heavy (non-hydrogen) atoms. The SMILES string of the molecule is CCC(C)NC(=O)C(CC)N(Cc1ccccc1)C(=O)CN(c1cc(C)ccc1C)S(C)(=O)=O. The topological polar surface area (TPSA) is 86.8 Å². The third-order valence-corrected chi connectivity index (χ3v) is 7.02. The quantitative estimate of drug-likeness (QED) is 0.522. The highest BCUT2D eigenvalue weighted by Gasteiger charge is 2.32. The van der Waals surface area contributed by atoms with Crippen LogP contribution in [-0.4, -0.2) is 50.0 Å². The summed E-state index contributed by atoms with van der Waals surface area (Å²) >= 11 is 0. The Morgan fingerprint density at radius 1 is 1.00 bits per heavy atom. The monoisotopic (exact) mass is 487 g/mol. The van der Waals surface area contributed by atoms with E-state index in [0.717, 1.165) is 33.7 Å². The van der Waals surface area contributed by atoms with Gasteiger partial charge < -0.3 is 10.2 Å². The zero-order valence-corrected chi connectivity index (χ0v) is 21.9. The summed E-state index contributed by atoms with van der Waals surface area (Å²) in [6.45, 7) is 9.25. The first-order valence-corrected chi connectivity index (χ1v) is 13.5. The Balaban J connectivity index is 2.45. The van der Waals surface area contributed by atoms with Crippen molar-refractivity contribution in [1.29, 1.82) is 0 Å². The summed E-state index contributed by atoms with van der Waals surface area (Å²) in [4.78, 5) is 28.3. The van der Waals surface area contributed by atoms with Gasteiger partial charge in [-0.1, -0.05) is 56.3 Å². The number of carbonyl (C=O) groups excluding carboxylic acids is 2. The van der Waals surface area contributed by atoms with E-state index in [1.165, 1.54) is 4.90 Å². The van der Waals surface area contributed by atoms with E-state index in [1.54, 1.807) is 6.07 Å². The fourth-order valence-electron chi connectivity index (χ4n) is 3.72. The van der Waals surface area contributed by atoms with Crippen molar-refractivity contribution in [1.82, 2.24) is 10.2 Å². The maximum atomic E-state index is 13.7. The second-order valence-corrected chi connectivity index (χ2v) is 10.7. The molecule has 0 heterocycles. The molecular formula is C26H37N3O4S. The summed E-state index contributed by atoms with van der Waals surface area (Å²) < 4.78 is 26.6. The zero-order chi connectivity index (χ0) is 25.5. The van der Waals surface area contributed by atoms with Crippen LogP contribution in [0.3, 0.4) is 0 Å². The van der Waals surface area contributed by atoms with Crippen LogP contribution in [0.15, 0.2) is 48.5 Å². The molecule has 0 saturated carbocycles. The first-order valence-electron chi connectivity index (χ1n) is 11.7. The molecule has 0 saturated heterocycles. The summed E-state index contributed by atoms with van der Waals surface area (Å²) in [5.41, 5.74) is 2.97. The van der Waals surface area contributed by atoms with Crippen molar-refractivity contribution < 1.29 is 18.0 Å². The summed E-state index contributed by atoms with van der Waals surface area (Å²) in [7, 11) is -3.75. The van der Waals surface area contributed by atoms with Gasteiger partial charge in [0.25, 0.3) is 0 Å². The minimum Gasteiger partial charge on any atom is -0.352 e. The molecule has 2 rings (SSSR count). The van der Waals surface area contributed by atoms with E-state index in [2.05, 4.69) is 5.32 Å². The molecule has 0 radical (unpaired) electrons. The Hall–Kier alpha value is -2.87. The number of nitrogens with zero attached hydrogens (tertiary/aromatic N) is 2. The summed E-state index contributed by atoms with van der Waals surface area (Å²) in [6, 6.07) is 14.1. The van der Waals surface area contributed by atoms with E-state index in [1.807, 2.05) is 77.1 Å². The molecule has 0 spiro atoms. The van der Waals surface area contributed by atoms with E-state index in [9.17, 15) is 18.0 Å². The van der Waals surface area contributed by atoms with Crippen LogP contribution < -0.4 is 9.62 Å². The number of anilines is 1. The van der Waals surface area contributed by atoms with Crippen molar-refractivity contribution in [2.75, 3.05) is 17.1 Å². The average molecular weight is 488 g/mol. The van der Waals surface area contributed by atoms with Gasteiger partial charge in [0.15, 0.2) is 0 Å². The number of hydrogen-bond donors (Lipinski definition) is 1. The van der Waals surface area contributed by atoms with Crippen molar-refractivity contribution in [3.05, 3.63) is 65.2 Å². The predicted molar refractivity (Wildman–Crippen MR) is 137 cm³/mol. The Kier molecular flexibility index (Phi) is 9.67. The Bertz CT molecular complexity index is 1090. The third kappa shape index (κ3) is 7.32. The van der Waals surface area contributed by atoms with Gasteiger partial charge in [-0.3, -0.25) is 13.9 Å². The van der Waals surface area contributed by atoms with Crippen LogP contribution >= 0.6 is 0 Å². The average Bonchev–Trinajstić information content (AvgIpc) is 2.78. The highest BCUT2D eigenvalue weighted by atomic mass is 32.2. The molecule has 0 aliphatic carbocycles. The molecule has 0 fully saturated rings. The van der Waals surface area contributed by atoms with Gasteiger partial charge in [-0.05, 0) is 56.4 Å². The van der Waals surface area contributed by atoms with Crippen LogP contribution in [-0.2, 0) is 26.2 Å². The van der Waals surface area contributed by atoms with E-state index in [4.69, 9.17) is 0 Å². The first kappa shape index (κ1) is 27.4. The molecule has 2 aromatic rings. The van der Waals surface area contributed by atoms with E-state index in [-0.39, 0.29) is 25.0 Å². The number of hydrogen-bond acceptors (Lipinski definition) is 4. The van der Waals surface area contributed by atoms with Gasteiger partial charge in [-0.2, -0.15) is 0 Å². The number of amides is 2. The van der Waals surface area contributed by atoms with Gasteiger partial charge in [0.2, 0.25) is 21.8 Å². The third-order valence-electron chi connectivity index (χ3n) is 5.90. The number of nitrogens with one attached hydrogen (secondary N) is 1. The molecule has 0 aromatic heterocycles. The molecule has 2 amide bonds. The zero-order valence-electron chi connectivity index (χ0n) is 21.0. The predicted octanol–water partition coefficient (Wildman–Crippen LogP) is 3.79. The van der Waals surface area contributed by atoms with Crippen LogP contribution in [0.25, 0.3) is 0 Å². The first-order chi connectivity index (χ1) is 16.0. The Morgan fingerprint density at radius 3 is 2.21 bits per heavy atom. The molecule has 2 atom stereocenters. The molecule has 0 bridgehead atoms. The molecular weight excluding hydrogens is 450 g/mol. The number of rotatable bonds is 11. The van der Waals surface area contributed by atoms with Crippen molar-refractivity contribution in [3.63, 3.8) is 0 Å². The van der Waals surface area contributed by atoms with Crippen molar-refractivity contribution in [3.8, 4) is 0 Å². The number of sulfonamides is 1. The largest absolute Gasteiger partial charge is 0.352 e. The van der Waals surface area contributed by atoms with Gasteiger partial charge in [-0.15, -0.1) is 0 Å². The molecule has 1 N–H and O–H groups in total. The Morgan fingerprint density at radius 2 is 1.65 bits per heavy atom. The van der Waals surface area contributed by atoms with Gasteiger partial charge in [0.1, 0.15) is 12.6 Å². The lowest BCUT2D eigenvalue weighted by Gasteiger charge is -2.33. The highest BCUT2D eigenvalue weighted by molar-refractivity contribution is 7.92. The minimum absolute atomic E-state index is 0.0299. The van der Waals surface area contributed by atoms with Crippen molar-refractivity contribution >= 4 is 27.5 Å². The number of aryl methyl sites for hydroxylation is 2. The van der Waals surface area contributed by atoms with E-state index in [0.29, 0.717) is 12.1 Å². The van der Waals surface area contributed by atoms with Gasteiger partial charge in [0, 0.05) is 12.6 Å². The molecule has 8 heteroatoms. The molecule has 2 aromatic carbocycles. The highest BCUT2D eigenvalue weighted by Crippen LogP contribution is 2.25. The van der Waals surface area contributed by atoms with Crippen molar-refractivity contribution in [2.45, 2.75) is 66.1 Å². The van der Waals surface area contributed by atoms with Crippen LogP contribution in [0.5, 0.6) is 0 Å². The van der Waals surface area contributed by atoms with Gasteiger partial charge in [0.05, 0.1) is 11.9 Å².